The van der Waals surface area contributed by atoms with Crippen LogP contribution in [0.2, 0.25) is 5.02 Å². The van der Waals surface area contributed by atoms with E-state index < -0.39 is 5.82 Å². The van der Waals surface area contributed by atoms with Gasteiger partial charge in [-0.15, -0.1) is 0 Å². The second kappa shape index (κ2) is 8.22. The number of rotatable bonds is 5. The number of nitrogens with zero attached hydrogens (tertiary/aromatic N) is 5. The molecule has 29 heavy (non-hydrogen) atoms. The number of nitrogens with one attached hydrogen (secondary N) is 3. The highest BCUT2D eigenvalue weighted by Gasteiger charge is 2.18. The highest BCUT2D eigenvalue weighted by atomic mass is 35.5. The van der Waals surface area contributed by atoms with Gasteiger partial charge in [-0.3, -0.25) is 5.10 Å². The van der Waals surface area contributed by atoms with Crippen LogP contribution in [0.3, 0.4) is 0 Å². The molecule has 0 radical (unpaired) electrons. The number of piperazine rings is 1. The highest BCUT2D eigenvalue weighted by molar-refractivity contribution is 6.31. The van der Waals surface area contributed by atoms with Crippen LogP contribution in [0.1, 0.15) is 5.69 Å². The molecule has 2 aromatic heterocycles. The summed E-state index contributed by atoms with van der Waals surface area (Å²) in [5.74, 6) is 2.00. The third-order valence-electron chi connectivity index (χ3n) is 4.68. The molecule has 10 heteroatoms. The van der Waals surface area contributed by atoms with E-state index in [1.165, 1.54) is 12.1 Å². The molecule has 1 aromatic carbocycles. The summed E-state index contributed by atoms with van der Waals surface area (Å²) in [5, 5.41) is 13.5. The van der Waals surface area contributed by atoms with Gasteiger partial charge in [0, 0.05) is 49.7 Å². The van der Waals surface area contributed by atoms with Crippen molar-refractivity contribution in [3.63, 3.8) is 0 Å². The van der Waals surface area contributed by atoms with E-state index in [1.54, 1.807) is 6.07 Å². The molecule has 0 amide bonds. The lowest BCUT2D eigenvalue weighted by molar-refractivity contribution is 0.312. The van der Waals surface area contributed by atoms with Crippen molar-refractivity contribution in [1.29, 1.82) is 0 Å². The lowest BCUT2D eigenvalue weighted by atomic mass is 10.3. The van der Waals surface area contributed by atoms with Gasteiger partial charge in [-0.1, -0.05) is 11.6 Å². The highest BCUT2D eigenvalue weighted by Crippen LogP contribution is 2.25. The fourth-order valence-corrected chi connectivity index (χ4v) is 3.25. The van der Waals surface area contributed by atoms with E-state index in [-0.39, 0.29) is 5.02 Å². The molecule has 0 unspecified atom stereocenters. The quantitative estimate of drug-likeness (QED) is 0.586. The van der Waals surface area contributed by atoms with Crippen LogP contribution >= 0.6 is 11.6 Å². The van der Waals surface area contributed by atoms with Crippen LogP contribution < -0.4 is 15.5 Å². The first kappa shape index (κ1) is 19.4. The molecule has 0 bridgehead atoms. The van der Waals surface area contributed by atoms with Gasteiger partial charge in [-0.05, 0) is 32.2 Å². The maximum absolute atomic E-state index is 13.5. The Kier molecular flexibility index (Phi) is 5.50. The van der Waals surface area contributed by atoms with E-state index in [0.717, 1.165) is 37.7 Å². The van der Waals surface area contributed by atoms with E-state index in [1.807, 2.05) is 19.1 Å². The second-order valence-corrected chi connectivity index (χ2v) is 7.45. The van der Waals surface area contributed by atoms with Crippen LogP contribution in [0.25, 0.3) is 0 Å². The number of halogens is 2. The average molecular weight is 417 g/mol. The van der Waals surface area contributed by atoms with Gasteiger partial charge < -0.3 is 20.4 Å². The number of aromatic nitrogens is 4. The van der Waals surface area contributed by atoms with Gasteiger partial charge >= 0.3 is 0 Å². The SMILES string of the molecule is Cc1cc(Nc2cc(N3CCN(C)CC3)nc(Nc3ccc(F)c(Cl)c3)n2)n[nH]1. The standard InChI is InChI=1S/C19H22ClFN8/c1-12-9-17(27-26-12)23-16-11-18(29-7-5-28(2)6-8-29)25-19(24-16)22-13-3-4-15(21)14(20)10-13/h3-4,9-11H,5-8H2,1-2H3,(H3,22,23,24,25,26,27). The van der Waals surface area contributed by atoms with Gasteiger partial charge in [0.25, 0.3) is 0 Å². The summed E-state index contributed by atoms with van der Waals surface area (Å²) >= 11 is 5.89. The third kappa shape index (κ3) is 4.75. The molecule has 1 aliphatic rings. The molecule has 1 saturated heterocycles. The van der Waals surface area contributed by atoms with E-state index in [9.17, 15) is 4.39 Å². The molecule has 8 nitrogen and oxygen atoms in total. The molecule has 152 valence electrons. The normalized spacial score (nSPS) is 14.8. The maximum atomic E-state index is 13.5. The van der Waals surface area contributed by atoms with Gasteiger partial charge in [-0.2, -0.15) is 15.1 Å². The molecular formula is C19H22ClFN8. The van der Waals surface area contributed by atoms with Gasteiger partial charge in [0.1, 0.15) is 17.5 Å². The van der Waals surface area contributed by atoms with E-state index in [4.69, 9.17) is 11.6 Å². The summed E-state index contributed by atoms with van der Waals surface area (Å²) in [6, 6.07) is 8.20. The summed E-state index contributed by atoms with van der Waals surface area (Å²) in [4.78, 5) is 13.7. The van der Waals surface area contributed by atoms with Gasteiger partial charge in [-0.25, -0.2) is 4.39 Å². The van der Waals surface area contributed by atoms with Crippen molar-refractivity contribution < 1.29 is 4.39 Å². The zero-order valence-electron chi connectivity index (χ0n) is 16.2. The molecule has 1 aliphatic heterocycles. The van der Waals surface area contributed by atoms with Gasteiger partial charge in [0.05, 0.1) is 5.02 Å². The smallest absolute Gasteiger partial charge is 0.231 e. The minimum Gasteiger partial charge on any atom is -0.354 e. The summed E-state index contributed by atoms with van der Waals surface area (Å²) < 4.78 is 13.5. The molecular weight excluding hydrogens is 395 g/mol. The molecule has 3 heterocycles. The van der Waals surface area contributed by atoms with Crippen molar-refractivity contribution in [2.75, 3.05) is 48.8 Å². The maximum Gasteiger partial charge on any atom is 0.231 e. The number of aryl methyl sites for hydroxylation is 1. The Morgan fingerprint density at radius 2 is 1.83 bits per heavy atom. The Balaban J connectivity index is 1.63. The Hall–Kier alpha value is -2.91. The topological polar surface area (TPSA) is 85.0 Å². The second-order valence-electron chi connectivity index (χ2n) is 7.04. The largest absolute Gasteiger partial charge is 0.354 e. The molecule has 0 spiro atoms. The lowest BCUT2D eigenvalue weighted by Gasteiger charge is -2.33. The lowest BCUT2D eigenvalue weighted by Crippen LogP contribution is -2.44. The number of hydrogen-bond acceptors (Lipinski definition) is 7. The fourth-order valence-electron chi connectivity index (χ4n) is 3.07. The number of likely N-dealkylation sites (N-methyl/N-ethyl adjacent to an activating group) is 1. The van der Waals surface area contributed by atoms with Crippen LogP contribution in [0.5, 0.6) is 0 Å². The minimum atomic E-state index is -0.472. The summed E-state index contributed by atoms with van der Waals surface area (Å²) in [6.07, 6.45) is 0. The van der Waals surface area contributed by atoms with E-state index in [2.05, 4.69) is 47.6 Å². The van der Waals surface area contributed by atoms with E-state index in [0.29, 0.717) is 23.3 Å². The Morgan fingerprint density at radius 1 is 1.03 bits per heavy atom. The number of benzene rings is 1. The third-order valence-corrected chi connectivity index (χ3v) is 4.97. The van der Waals surface area contributed by atoms with Crippen molar-refractivity contribution in [1.82, 2.24) is 25.1 Å². The van der Waals surface area contributed by atoms with Crippen LogP contribution in [0, 0.1) is 12.7 Å². The predicted molar refractivity (Wildman–Crippen MR) is 113 cm³/mol. The Morgan fingerprint density at radius 3 is 2.52 bits per heavy atom. The monoisotopic (exact) mass is 416 g/mol. The first-order valence-corrected chi connectivity index (χ1v) is 9.68. The van der Waals surface area contributed by atoms with Crippen molar-refractivity contribution in [3.05, 3.63) is 46.9 Å². The summed E-state index contributed by atoms with van der Waals surface area (Å²) in [5.41, 5.74) is 1.55. The first-order valence-electron chi connectivity index (χ1n) is 9.30. The average Bonchev–Trinajstić information content (AvgIpc) is 3.10. The number of H-pyrrole nitrogens is 1. The zero-order chi connectivity index (χ0) is 20.4. The number of aromatic amines is 1. The number of anilines is 5. The Bertz CT molecular complexity index is 1000. The van der Waals surface area contributed by atoms with Crippen molar-refractivity contribution in [2.24, 2.45) is 0 Å². The molecule has 3 N–H and O–H groups in total. The molecule has 4 rings (SSSR count). The molecule has 0 aliphatic carbocycles. The van der Waals surface area contributed by atoms with Crippen LogP contribution in [0.4, 0.5) is 33.5 Å². The summed E-state index contributed by atoms with van der Waals surface area (Å²) in [7, 11) is 2.11. The molecule has 3 aromatic rings. The van der Waals surface area contributed by atoms with Gasteiger partial charge in [0.15, 0.2) is 5.82 Å². The fraction of sp³-hybridized carbons (Fsp3) is 0.316. The van der Waals surface area contributed by atoms with Crippen molar-refractivity contribution >= 4 is 40.7 Å². The van der Waals surface area contributed by atoms with Crippen molar-refractivity contribution in [2.45, 2.75) is 6.92 Å². The van der Waals surface area contributed by atoms with E-state index >= 15 is 0 Å². The first-order chi connectivity index (χ1) is 14.0. The van der Waals surface area contributed by atoms with Gasteiger partial charge in [0.2, 0.25) is 5.95 Å². The molecule has 0 saturated carbocycles. The predicted octanol–water partition coefficient (Wildman–Crippen LogP) is 3.54. The zero-order valence-corrected chi connectivity index (χ0v) is 17.0. The Labute approximate surface area is 173 Å². The molecule has 0 atom stereocenters. The minimum absolute atomic E-state index is 0.0376. The van der Waals surface area contributed by atoms with Crippen LogP contribution in [-0.4, -0.2) is 58.3 Å². The number of hydrogen-bond donors (Lipinski definition) is 3. The van der Waals surface area contributed by atoms with Crippen LogP contribution in [0.15, 0.2) is 30.3 Å². The van der Waals surface area contributed by atoms with Crippen LogP contribution in [-0.2, 0) is 0 Å². The van der Waals surface area contributed by atoms with Crippen molar-refractivity contribution in [3.8, 4) is 0 Å². The summed E-state index contributed by atoms with van der Waals surface area (Å²) in [6.45, 7) is 5.59. The molecule has 1 fully saturated rings.